The van der Waals surface area contributed by atoms with E-state index in [2.05, 4.69) is 15.6 Å². The molecule has 2 N–H and O–H groups in total. The maximum absolute atomic E-state index is 13.6. The number of hydrogen-bond acceptors (Lipinski definition) is 3. The fourth-order valence-electron chi connectivity index (χ4n) is 2.20. The van der Waals surface area contributed by atoms with Crippen LogP contribution < -0.4 is 10.6 Å². The molecule has 0 radical (unpaired) electrons. The van der Waals surface area contributed by atoms with Crippen LogP contribution in [0.4, 0.5) is 15.9 Å². The minimum absolute atomic E-state index is 0.00350. The fraction of sp³-hybridized carbons (Fsp3) is 0.0526. The van der Waals surface area contributed by atoms with Gasteiger partial charge in [0.15, 0.2) is 0 Å². The van der Waals surface area contributed by atoms with E-state index in [0.29, 0.717) is 18.1 Å². The summed E-state index contributed by atoms with van der Waals surface area (Å²) in [4.78, 5) is 16.3. The molecule has 1 heterocycles. The molecule has 2 aromatic carbocycles. The van der Waals surface area contributed by atoms with Gasteiger partial charge in [-0.25, -0.2) is 9.37 Å². The van der Waals surface area contributed by atoms with E-state index in [9.17, 15) is 9.18 Å². The maximum atomic E-state index is 13.6. The average molecular weight is 321 g/mol. The second-order valence-corrected chi connectivity index (χ2v) is 5.21. The summed E-state index contributed by atoms with van der Waals surface area (Å²) in [5.74, 6) is -0.355. The van der Waals surface area contributed by atoms with E-state index >= 15 is 0 Å². The summed E-state index contributed by atoms with van der Waals surface area (Å²) >= 11 is 0. The third-order valence-electron chi connectivity index (χ3n) is 3.46. The monoisotopic (exact) mass is 321 g/mol. The lowest BCUT2D eigenvalue weighted by atomic mass is 10.2. The highest BCUT2D eigenvalue weighted by Gasteiger charge is 2.10. The van der Waals surface area contributed by atoms with E-state index in [1.165, 1.54) is 18.3 Å². The Labute approximate surface area is 139 Å². The van der Waals surface area contributed by atoms with Crippen LogP contribution in [0.25, 0.3) is 0 Å². The number of hydrogen-bond donors (Lipinski definition) is 2. The zero-order valence-corrected chi connectivity index (χ0v) is 12.9. The summed E-state index contributed by atoms with van der Waals surface area (Å²) in [6.45, 7) is 0.661. The highest BCUT2D eigenvalue weighted by Crippen LogP contribution is 2.14. The Hall–Kier alpha value is -3.21. The van der Waals surface area contributed by atoms with Crippen LogP contribution in [0.2, 0.25) is 0 Å². The van der Waals surface area contributed by atoms with E-state index in [4.69, 9.17) is 0 Å². The standard InChI is InChI=1S/C19H16FN3O/c20-17-9-5-4-8-16(17)19(24)23-15-10-11-18(22-13-15)21-12-14-6-2-1-3-7-14/h1-11,13H,12H2,(H,21,22)(H,23,24). The van der Waals surface area contributed by atoms with Gasteiger partial charge in [-0.3, -0.25) is 4.79 Å². The van der Waals surface area contributed by atoms with Crippen molar-refractivity contribution in [1.29, 1.82) is 0 Å². The predicted molar refractivity (Wildman–Crippen MR) is 92.4 cm³/mol. The second kappa shape index (κ2) is 7.37. The molecule has 5 heteroatoms. The number of halogens is 1. The lowest BCUT2D eigenvalue weighted by molar-refractivity contribution is 0.102. The molecule has 3 rings (SSSR count). The van der Waals surface area contributed by atoms with E-state index in [1.54, 1.807) is 24.3 Å². The number of carbonyl (C=O) groups is 1. The third-order valence-corrected chi connectivity index (χ3v) is 3.46. The van der Waals surface area contributed by atoms with Gasteiger partial charge in [0.1, 0.15) is 11.6 Å². The zero-order valence-electron chi connectivity index (χ0n) is 12.9. The van der Waals surface area contributed by atoms with Crippen molar-refractivity contribution < 1.29 is 9.18 Å². The van der Waals surface area contributed by atoms with E-state index in [-0.39, 0.29) is 5.56 Å². The molecule has 1 aromatic heterocycles. The summed E-state index contributed by atoms with van der Waals surface area (Å²) in [6.07, 6.45) is 1.53. The van der Waals surface area contributed by atoms with Gasteiger partial charge in [-0.15, -0.1) is 0 Å². The molecule has 0 aliphatic carbocycles. The first-order valence-corrected chi connectivity index (χ1v) is 7.52. The van der Waals surface area contributed by atoms with E-state index < -0.39 is 11.7 Å². The Bertz CT molecular complexity index is 820. The molecule has 0 atom stereocenters. The lowest BCUT2D eigenvalue weighted by Crippen LogP contribution is -2.13. The molecule has 0 aliphatic rings. The molecule has 0 aliphatic heterocycles. The Morgan fingerprint density at radius 3 is 2.42 bits per heavy atom. The normalized spacial score (nSPS) is 10.2. The number of nitrogens with one attached hydrogen (secondary N) is 2. The van der Waals surface area contributed by atoms with Gasteiger partial charge in [0.2, 0.25) is 0 Å². The topological polar surface area (TPSA) is 54.0 Å². The van der Waals surface area contributed by atoms with Gasteiger partial charge in [-0.2, -0.15) is 0 Å². The molecule has 4 nitrogen and oxygen atoms in total. The van der Waals surface area contributed by atoms with Gasteiger partial charge < -0.3 is 10.6 Å². The minimum atomic E-state index is -0.552. The van der Waals surface area contributed by atoms with Crippen molar-refractivity contribution in [2.75, 3.05) is 10.6 Å². The van der Waals surface area contributed by atoms with Gasteiger partial charge in [0, 0.05) is 6.54 Å². The molecule has 0 unspecified atom stereocenters. The van der Waals surface area contributed by atoms with Crippen molar-refractivity contribution in [2.24, 2.45) is 0 Å². The molecule has 0 saturated heterocycles. The molecule has 1 amide bonds. The smallest absolute Gasteiger partial charge is 0.258 e. The van der Waals surface area contributed by atoms with Gasteiger partial charge in [0.05, 0.1) is 17.4 Å². The van der Waals surface area contributed by atoms with Crippen molar-refractivity contribution in [3.8, 4) is 0 Å². The number of pyridine rings is 1. The fourth-order valence-corrected chi connectivity index (χ4v) is 2.20. The molecule has 0 saturated carbocycles. The van der Waals surface area contributed by atoms with Crippen LogP contribution in [0.5, 0.6) is 0 Å². The number of rotatable bonds is 5. The lowest BCUT2D eigenvalue weighted by Gasteiger charge is -2.08. The van der Waals surface area contributed by atoms with Crippen LogP contribution in [0.1, 0.15) is 15.9 Å². The number of amides is 1. The first kappa shape index (κ1) is 15.7. The Kier molecular flexibility index (Phi) is 4.81. The largest absolute Gasteiger partial charge is 0.366 e. The van der Waals surface area contributed by atoms with Gasteiger partial charge in [-0.05, 0) is 29.8 Å². The molecule has 3 aromatic rings. The van der Waals surface area contributed by atoms with E-state index in [0.717, 1.165) is 5.56 Å². The summed E-state index contributed by atoms with van der Waals surface area (Å²) in [5.41, 5.74) is 1.66. The highest BCUT2D eigenvalue weighted by molar-refractivity contribution is 6.04. The molecular weight excluding hydrogens is 305 g/mol. The molecule has 24 heavy (non-hydrogen) atoms. The van der Waals surface area contributed by atoms with Crippen LogP contribution in [-0.4, -0.2) is 10.9 Å². The number of benzene rings is 2. The quantitative estimate of drug-likeness (QED) is 0.744. The minimum Gasteiger partial charge on any atom is -0.366 e. The highest BCUT2D eigenvalue weighted by atomic mass is 19.1. The molecule has 120 valence electrons. The summed E-state index contributed by atoms with van der Waals surface area (Å²) in [5, 5.41) is 5.83. The number of nitrogens with zero attached hydrogens (tertiary/aromatic N) is 1. The first-order valence-electron chi connectivity index (χ1n) is 7.52. The molecule has 0 bridgehead atoms. The average Bonchev–Trinajstić information content (AvgIpc) is 2.62. The number of aromatic nitrogens is 1. The van der Waals surface area contributed by atoms with Crippen LogP contribution >= 0.6 is 0 Å². The van der Waals surface area contributed by atoms with Gasteiger partial charge in [-0.1, -0.05) is 42.5 Å². The summed E-state index contributed by atoms with van der Waals surface area (Å²) in [7, 11) is 0. The molecular formula is C19H16FN3O. The van der Waals surface area contributed by atoms with E-state index in [1.807, 2.05) is 30.3 Å². The molecule has 0 fully saturated rings. The SMILES string of the molecule is O=C(Nc1ccc(NCc2ccccc2)nc1)c1ccccc1F. The third kappa shape index (κ3) is 3.95. The Morgan fingerprint density at radius 1 is 0.958 bits per heavy atom. The maximum Gasteiger partial charge on any atom is 0.258 e. The summed E-state index contributed by atoms with van der Waals surface area (Å²) < 4.78 is 13.6. The second-order valence-electron chi connectivity index (χ2n) is 5.21. The van der Waals surface area contributed by atoms with Crippen LogP contribution in [-0.2, 0) is 6.54 Å². The first-order chi connectivity index (χ1) is 11.7. The summed E-state index contributed by atoms with van der Waals surface area (Å²) in [6, 6.07) is 19.3. The van der Waals surface area contributed by atoms with Crippen molar-refractivity contribution in [3.05, 3.63) is 89.9 Å². The molecule has 0 spiro atoms. The van der Waals surface area contributed by atoms with Crippen LogP contribution in [0, 0.1) is 5.82 Å². The number of anilines is 2. The van der Waals surface area contributed by atoms with Crippen molar-refractivity contribution in [1.82, 2.24) is 4.98 Å². The predicted octanol–water partition coefficient (Wildman–Crippen LogP) is 4.09. The van der Waals surface area contributed by atoms with Crippen LogP contribution in [0.15, 0.2) is 72.9 Å². The van der Waals surface area contributed by atoms with Gasteiger partial charge in [0.25, 0.3) is 5.91 Å². The zero-order chi connectivity index (χ0) is 16.8. The Balaban J connectivity index is 1.60. The Morgan fingerprint density at radius 2 is 1.71 bits per heavy atom. The van der Waals surface area contributed by atoms with Crippen molar-refractivity contribution >= 4 is 17.4 Å². The number of carbonyl (C=O) groups excluding carboxylic acids is 1. The van der Waals surface area contributed by atoms with Gasteiger partial charge >= 0.3 is 0 Å². The van der Waals surface area contributed by atoms with Crippen LogP contribution in [0.3, 0.4) is 0 Å². The van der Waals surface area contributed by atoms with Crippen molar-refractivity contribution in [3.63, 3.8) is 0 Å². The van der Waals surface area contributed by atoms with Crippen molar-refractivity contribution in [2.45, 2.75) is 6.54 Å².